The van der Waals surface area contributed by atoms with E-state index in [1.807, 2.05) is 19.1 Å². The van der Waals surface area contributed by atoms with E-state index >= 15 is 0 Å². The van der Waals surface area contributed by atoms with Crippen LogP contribution < -0.4 is 4.74 Å². The molecular formula is C18H19FO2. The van der Waals surface area contributed by atoms with Gasteiger partial charge in [0.2, 0.25) is 0 Å². The monoisotopic (exact) mass is 286 g/mol. The summed E-state index contributed by atoms with van der Waals surface area (Å²) >= 11 is 0. The van der Waals surface area contributed by atoms with Gasteiger partial charge in [-0.1, -0.05) is 32.9 Å². The standard InChI is InChI=1S/C18H19FO2/c1-12-11-14(18(2,3)4)7-10-16(12)21-17(20)13-5-8-15(19)9-6-13/h5-11H,1-4H3. The molecule has 3 heteroatoms. The normalized spacial score (nSPS) is 11.3. The Balaban J connectivity index is 2.20. The zero-order chi connectivity index (χ0) is 15.6. The maximum Gasteiger partial charge on any atom is 0.343 e. The number of carbonyl (C=O) groups is 1. The highest BCUT2D eigenvalue weighted by molar-refractivity contribution is 5.91. The number of hydrogen-bond donors (Lipinski definition) is 0. The van der Waals surface area contributed by atoms with E-state index in [4.69, 9.17) is 4.74 Å². The molecule has 2 rings (SSSR count). The lowest BCUT2D eigenvalue weighted by atomic mass is 9.86. The van der Waals surface area contributed by atoms with Gasteiger partial charge in [-0.2, -0.15) is 0 Å². The van der Waals surface area contributed by atoms with E-state index in [0.29, 0.717) is 11.3 Å². The van der Waals surface area contributed by atoms with Gasteiger partial charge in [0, 0.05) is 0 Å². The molecule has 0 saturated carbocycles. The quantitative estimate of drug-likeness (QED) is 0.593. The number of hydrogen-bond acceptors (Lipinski definition) is 2. The lowest BCUT2D eigenvalue weighted by Gasteiger charge is -2.20. The van der Waals surface area contributed by atoms with Crippen LogP contribution in [0.25, 0.3) is 0 Å². The minimum Gasteiger partial charge on any atom is -0.423 e. The molecule has 0 spiro atoms. The third kappa shape index (κ3) is 3.69. The second-order valence-electron chi connectivity index (χ2n) is 6.13. The van der Waals surface area contributed by atoms with Crippen molar-refractivity contribution in [3.63, 3.8) is 0 Å². The second-order valence-corrected chi connectivity index (χ2v) is 6.13. The Morgan fingerprint density at radius 3 is 2.19 bits per heavy atom. The molecule has 0 aliphatic heterocycles. The van der Waals surface area contributed by atoms with Crippen LogP contribution in [0.5, 0.6) is 5.75 Å². The van der Waals surface area contributed by atoms with Gasteiger partial charge < -0.3 is 4.74 Å². The van der Waals surface area contributed by atoms with Crippen molar-refractivity contribution in [2.24, 2.45) is 0 Å². The molecule has 0 aliphatic carbocycles. The van der Waals surface area contributed by atoms with Crippen LogP contribution in [0.2, 0.25) is 0 Å². The number of carbonyl (C=O) groups excluding carboxylic acids is 1. The summed E-state index contributed by atoms with van der Waals surface area (Å²) in [6.07, 6.45) is 0. The molecule has 21 heavy (non-hydrogen) atoms. The maximum absolute atomic E-state index is 12.8. The zero-order valence-electron chi connectivity index (χ0n) is 12.7. The van der Waals surface area contributed by atoms with Crippen molar-refractivity contribution in [2.45, 2.75) is 33.1 Å². The summed E-state index contributed by atoms with van der Waals surface area (Å²) in [5.41, 5.74) is 2.46. The molecule has 0 bridgehead atoms. The van der Waals surface area contributed by atoms with E-state index < -0.39 is 5.97 Å². The van der Waals surface area contributed by atoms with Crippen LogP contribution in [0, 0.1) is 12.7 Å². The fourth-order valence-corrected chi connectivity index (χ4v) is 1.98. The highest BCUT2D eigenvalue weighted by atomic mass is 19.1. The lowest BCUT2D eigenvalue weighted by Crippen LogP contribution is -2.13. The Hall–Kier alpha value is -2.16. The Labute approximate surface area is 124 Å². The first-order valence-corrected chi connectivity index (χ1v) is 6.86. The molecule has 0 amide bonds. The number of aryl methyl sites for hydroxylation is 1. The number of rotatable bonds is 2. The summed E-state index contributed by atoms with van der Waals surface area (Å²) in [5, 5.41) is 0. The van der Waals surface area contributed by atoms with Crippen molar-refractivity contribution in [3.8, 4) is 5.75 Å². The highest BCUT2D eigenvalue weighted by Crippen LogP contribution is 2.27. The summed E-state index contributed by atoms with van der Waals surface area (Å²) in [6.45, 7) is 8.30. The minimum atomic E-state index is -0.485. The first-order valence-electron chi connectivity index (χ1n) is 6.86. The third-order valence-corrected chi connectivity index (χ3v) is 3.32. The summed E-state index contributed by atoms with van der Waals surface area (Å²) in [6, 6.07) is 11.1. The second kappa shape index (κ2) is 5.68. The first-order chi connectivity index (χ1) is 9.77. The molecule has 0 N–H and O–H groups in total. The molecule has 0 radical (unpaired) electrons. The van der Waals surface area contributed by atoms with Crippen LogP contribution in [-0.2, 0) is 5.41 Å². The van der Waals surface area contributed by atoms with E-state index in [1.165, 1.54) is 29.8 Å². The van der Waals surface area contributed by atoms with Crippen molar-refractivity contribution in [2.75, 3.05) is 0 Å². The molecule has 2 aromatic carbocycles. The molecule has 0 aromatic heterocycles. The Bertz CT molecular complexity index is 652. The molecule has 0 unspecified atom stereocenters. The average molecular weight is 286 g/mol. The maximum atomic E-state index is 12.8. The molecule has 2 nitrogen and oxygen atoms in total. The molecule has 110 valence electrons. The van der Waals surface area contributed by atoms with Crippen LogP contribution in [0.1, 0.15) is 42.3 Å². The van der Waals surface area contributed by atoms with E-state index in [9.17, 15) is 9.18 Å². The fourth-order valence-electron chi connectivity index (χ4n) is 1.98. The van der Waals surface area contributed by atoms with Crippen molar-refractivity contribution in [1.29, 1.82) is 0 Å². The Kier molecular flexibility index (Phi) is 4.12. The molecule has 0 heterocycles. The van der Waals surface area contributed by atoms with Gasteiger partial charge in [-0.15, -0.1) is 0 Å². The van der Waals surface area contributed by atoms with E-state index in [0.717, 1.165) is 5.56 Å². The van der Waals surface area contributed by atoms with E-state index in [-0.39, 0.29) is 11.2 Å². The number of esters is 1. The van der Waals surface area contributed by atoms with Crippen molar-refractivity contribution >= 4 is 5.97 Å². The largest absolute Gasteiger partial charge is 0.423 e. The first kappa shape index (κ1) is 15.2. The van der Waals surface area contributed by atoms with Crippen LogP contribution in [-0.4, -0.2) is 5.97 Å². The average Bonchev–Trinajstić information content (AvgIpc) is 2.40. The van der Waals surface area contributed by atoms with Crippen molar-refractivity contribution in [3.05, 3.63) is 65.0 Å². The van der Waals surface area contributed by atoms with Gasteiger partial charge in [0.25, 0.3) is 0 Å². The van der Waals surface area contributed by atoms with Crippen molar-refractivity contribution < 1.29 is 13.9 Å². The summed E-state index contributed by atoms with van der Waals surface area (Å²) < 4.78 is 18.2. The predicted octanol–water partition coefficient (Wildman–Crippen LogP) is 4.65. The van der Waals surface area contributed by atoms with Gasteiger partial charge in [0.05, 0.1) is 5.56 Å². The highest BCUT2D eigenvalue weighted by Gasteiger charge is 2.16. The van der Waals surface area contributed by atoms with Crippen LogP contribution in [0.3, 0.4) is 0 Å². The van der Waals surface area contributed by atoms with Gasteiger partial charge in [-0.05, 0) is 53.8 Å². The van der Waals surface area contributed by atoms with Gasteiger partial charge in [0.1, 0.15) is 11.6 Å². The van der Waals surface area contributed by atoms with E-state index in [1.54, 1.807) is 6.07 Å². The SMILES string of the molecule is Cc1cc(C(C)(C)C)ccc1OC(=O)c1ccc(F)cc1. The lowest BCUT2D eigenvalue weighted by molar-refractivity contribution is 0.0733. The smallest absolute Gasteiger partial charge is 0.343 e. The molecule has 0 atom stereocenters. The van der Waals surface area contributed by atoms with Crippen LogP contribution >= 0.6 is 0 Å². The summed E-state index contributed by atoms with van der Waals surface area (Å²) in [4.78, 5) is 12.0. The number of ether oxygens (including phenoxy) is 1. The zero-order valence-corrected chi connectivity index (χ0v) is 12.7. The molecule has 0 aliphatic rings. The van der Waals surface area contributed by atoms with Crippen LogP contribution in [0.15, 0.2) is 42.5 Å². The Morgan fingerprint density at radius 1 is 1.05 bits per heavy atom. The number of halogens is 1. The van der Waals surface area contributed by atoms with Crippen LogP contribution in [0.4, 0.5) is 4.39 Å². The summed E-state index contributed by atoms with van der Waals surface area (Å²) in [5.74, 6) is -0.337. The number of benzene rings is 2. The van der Waals surface area contributed by atoms with Gasteiger partial charge in [0.15, 0.2) is 0 Å². The van der Waals surface area contributed by atoms with Gasteiger partial charge in [-0.3, -0.25) is 0 Å². The Morgan fingerprint density at radius 2 is 1.67 bits per heavy atom. The predicted molar refractivity (Wildman–Crippen MR) is 81.2 cm³/mol. The molecular weight excluding hydrogens is 267 g/mol. The fraction of sp³-hybridized carbons (Fsp3) is 0.278. The van der Waals surface area contributed by atoms with Gasteiger partial charge in [-0.25, -0.2) is 9.18 Å². The summed E-state index contributed by atoms with van der Waals surface area (Å²) in [7, 11) is 0. The van der Waals surface area contributed by atoms with Gasteiger partial charge >= 0.3 is 5.97 Å². The molecule has 0 fully saturated rings. The molecule has 0 saturated heterocycles. The third-order valence-electron chi connectivity index (χ3n) is 3.32. The minimum absolute atomic E-state index is 0.0459. The van der Waals surface area contributed by atoms with E-state index in [2.05, 4.69) is 20.8 Å². The molecule has 2 aromatic rings. The topological polar surface area (TPSA) is 26.3 Å². The van der Waals surface area contributed by atoms with Crippen molar-refractivity contribution in [1.82, 2.24) is 0 Å².